The second-order valence-electron chi connectivity index (χ2n) is 10.3. The molecule has 6 atom stereocenters. The third kappa shape index (κ3) is 7.23. The summed E-state index contributed by atoms with van der Waals surface area (Å²) in [7, 11) is -4.39. The predicted molar refractivity (Wildman–Crippen MR) is 151 cm³/mol. The number of carbonyl (C=O) groups excluding carboxylic acids is 1. The molecule has 2 heterocycles. The number of aromatic amines is 1. The van der Waals surface area contributed by atoms with E-state index in [1.807, 2.05) is 35.3 Å². The van der Waals surface area contributed by atoms with Crippen molar-refractivity contribution in [3.05, 3.63) is 87.7 Å². The van der Waals surface area contributed by atoms with Crippen LogP contribution in [0.3, 0.4) is 0 Å². The first-order chi connectivity index (χ1) is 19.8. The van der Waals surface area contributed by atoms with E-state index in [1.165, 1.54) is 6.92 Å². The molecule has 12 nitrogen and oxygen atoms in total. The van der Waals surface area contributed by atoms with Gasteiger partial charge in [-0.25, -0.2) is 13.8 Å². The molecule has 6 unspecified atom stereocenters. The largest absolute Gasteiger partial charge is 0.462 e. The van der Waals surface area contributed by atoms with Crippen LogP contribution in [0, 0.1) is 0 Å². The van der Waals surface area contributed by atoms with Gasteiger partial charge in [0.1, 0.15) is 24.0 Å². The van der Waals surface area contributed by atoms with E-state index in [-0.39, 0.29) is 5.75 Å². The van der Waals surface area contributed by atoms with Gasteiger partial charge in [0.2, 0.25) is 0 Å². The molecule has 0 radical (unpaired) electrons. The number of H-pyrrole nitrogens is 1. The van der Waals surface area contributed by atoms with Gasteiger partial charge in [-0.2, -0.15) is 5.09 Å². The first-order valence-electron chi connectivity index (χ1n) is 13.2. The van der Waals surface area contributed by atoms with Crippen LogP contribution in [0.4, 0.5) is 4.39 Å². The Morgan fingerprint density at radius 1 is 1.12 bits per heavy atom. The number of aromatic nitrogens is 2. The van der Waals surface area contributed by atoms with E-state index in [9.17, 15) is 24.1 Å². The smallest absolute Gasteiger partial charge is 0.459 e. The summed E-state index contributed by atoms with van der Waals surface area (Å²) in [5, 5.41) is 13.2. The van der Waals surface area contributed by atoms with Gasteiger partial charge in [-0.1, -0.05) is 42.5 Å². The van der Waals surface area contributed by atoms with E-state index in [1.54, 1.807) is 38.1 Å². The maximum atomic E-state index is 15.6. The molecule has 2 aromatic carbocycles. The van der Waals surface area contributed by atoms with Crippen molar-refractivity contribution in [1.82, 2.24) is 14.6 Å². The molecule has 1 saturated heterocycles. The Morgan fingerprint density at radius 3 is 2.38 bits per heavy atom. The van der Waals surface area contributed by atoms with Crippen molar-refractivity contribution >= 4 is 13.7 Å². The number of aliphatic hydroxyl groups excluding tert-OH is 1. The summed E-state index contributed by atoms with van der Waals surface area (Å²) in [6, 6.07) is 16.0. The number of benzene rings is 2. The molecule has 1 fully saturated rings. The highest BCUT2D eigenvalue weighted by Gasteiger charge is 2.56. The Hall–Kier alpha value is -3.61. The minimum Gasteiger partial charge on any atom is -0.462 e. The zero-order valence-corrected chi connectivity index (χ0v) is 24.3. The second-order valence-corrected chi connectivity index (χ2v) is 11.9. The fourth-order valence-corrected chi connectivity index (χ4v) is 5.83. The Kier molecular flexibility index (Phi) is 9.49. The number of nitrogens with one attached hydrogen (secondary N) is 2. The third-order valence-corrected chi connectivity index (χ3v) is 8.12. The highest BCUT2D eigenvalue weighted by Crippen LogP contribution is 2.47. The van der Waals surface area contributed by atoms with Crippen molar-refractivity contribution in [2.75, 3.05) is 6.61 Å². The molecule has 1 aromatic heterocycles. The average Bonchev–Trinajstić information content (AvgIpc) is 3.16. The van der Waals surface area contributed by atoms with E-state index in [0.29, 0.717) is 0 Å². The number of aliphatic hydroxyl groups is 1. The monoisotopic (exact) mass is 605 g/mol. The number of alkyl halides is 1. The van der Waals surface area contributed by atoms with Gasteiger partial charge < -0.3 is 19.1 Å². The van der Waals surface area contributed by atoms with Crippen molar-refractivity contribution < 1.29 is 37.4 Å². The summed E-state index contributed by atoms with van der Waals surface area (Å²) >= 11 is 0. The first-order valence-corrected chi connectivity index (χ1v) is 14.7. The van der Waals surface area contributed by atoms with Crippen LogP contribution in [0.1, 0.15) is 33.9 Å². The Labute approximate surface area is 241 Å². The van der Waals surface area contributed by atoms with Crippen molar-refractivity contribution in [2.45, 2.75) is 63.9 Å². The van der Waals surface area contributed by atoms with Crippen molar-refractivity contribution in [3.63, 3.8) is 0 Å². The lowest BCUT2D eigenvalue weighted by molar-refractivity contribution is -0.149. The maximum absolute atomic E-state index is 15.6. The molecule has 0 amide bonds. The van der Waals surface area contributed by atoms with Crippen molar-refractivity contribution in [3.8, 4) is 16.9 Å². The van der Waals surface area contributed by atoms with E-state index in [0.717, 1.165) is 34.9 Å². The van der Waals surface area contributed by atoms with E-state index in [4.69, 9.17) is 18.5 Å². The summed E-state index contributed by atoms with van der Waals surface area (Å²) in [6.45, 7) is 5.08. The molecule has 14 heteroatoms. The average molecular weight is 606 g/mol. The Bertz CT molecular complexity index is 1540. The van der Waals surface area contributed by atoms with Crippen LogP contribution in [-0.4, -0.2) is 57.3 Å². The summed E-state index contributed by atoms with van der Waals surface area (Å²) in [5.74, 6) is -0.585. The number of ether oxygens (including phenoxy) is 2. The molecular formula is C28H33FN3O9P. The standard InChI is InChI=1S/C28H33FN3O9P/c1-17(2)39-25(35)18(3)31-42(37,41-21-12-10-20(11-13-21)19-8-6-5-7-9-19)38-16-22-24(34)28(4,29)26(40-22)32-15-14-23(33)30-27(32)36/h5-15,17-18,22,24,26,34H,16H2,1-4H3,(H,31,37)(H,30,33,36). The van der Waals surface area contributed by atoms with E-state index < -0.39 is 67.8 Å². The van der Waals surface area contributed by atoms with Gasteiger partial charge in [0.05, 0.1) is 12.7 Å². The molecular weight excluding hydrogens is 572 g/mol. The zero-order chi connectivity index (χ0) is 30.7. The lowest BCUT2D eigenvalue weighted by atomic mass is 9.98. The molecule has 4 rings (SSSR count). The van der Waals surface area contributed by atoms with Crippen LogP contribution in [0.2, 0.25) is 0 Å². The van der Waals surface area contributed by atoms with Gasteiger partial charge in [0.25, 0.3) is 5.56 Å². The molecule has 0 saturated carbocycles. The molecule has 226 valence electrons. The minimum absolute atomic E-state index is 0.135. The normalized spacial score (nSPS) is 24.2. The number of hydrogen-bond donors (Lipinski definition) is 3. The van der Waals surface area contributed by atoms with Crippen LogP contribution < -0.4 is 20.9 Å². The number of rotatable bonds is 11. The first kappa shape index (κ1) is 31.3. The number of nitrogens with zero attached hydrogens (tertiary/aromatic N) is 1. The number of halogens is 1. The molecule has 0 bridgehead atoms. The van der Waals surface area contributed by atoms with Crippen LogP contribution >= 0.6 is 7.75 Å². The van der Waals surface area contributed by atoms with Gasteiger partial charge in [0.15, 0.2) is 11.9 Å². The third-order valence-electron chi connectivity index (χ3n) is 6.47. The zero-order valence-electron chi connectivity index (χ0n) is 23.4. The van der Waals surface area contributed by atoms with Crippen molar-refractivity contribution in [2.24, 2.45) is 0 Å². The van der Waals surface area contributed by atoms with Crippen LogP contribution in [0.25, 0.3) is 11.1 Å². The van der Waals surface area contributed by atoms with E-state index >= 15 is 4.39 Å². The Balaban J connectivity index is 1.54. The molecule has 0 spiro atoms. The number of hydrogen-bond acceptors (Lipinski definition) is 9. The van der Waals surface area contributed by atoms with Crippen LogP contribution in [-0.2, 0) is 23.4 Å². The summed E-state index contributed by atoms with van der Waals surface area (Å²) in [4.78, 5) is 38.1. The number of esters is 1. The second kappa shape index (κ2) is 12.7. The topological polar surface area (TPSA) is 158 Å². The molecule has 0 aliphatic carbocycles. The summed E-state index contributed by atoms with van der Waals surface area (Å²) in [5.41, 5.74) is -2.33. The molecule has 3 aromatic rings. The Morgan fingerprint density at radius 2 is 1.76 bits per heavy atom. The molecule has 3 N–H and O–H groups in total. The maximum Gasteiger partial charge on any atom is 0.459 e. The molecule has 42 heavy (non-hydrogen) atoms. The summed E-state index contributed by atoms with van der Waals surface area (Å²) < 4.78 is 52.4. The van der Waals surface area contributed by atoms with Gasteiger partial charge in [0, 0.05) is 12.3 Å². The van der Waals surface area contributed by atoms with Crippen LogP contribution in [0.15, 0.2) is 76.4 Å². The predicted octanol–water partition coefficient (Wildman–Crippen LogP) is 3.32. The van der Waals surface area contributed by atoms with Gasteiger partial charge >= 0.3 is 19.4 Å². The highest BCUT2D eigenvalue weighted by molar-refractivity contribution is 7.52. The van der Waals surface area contributed by atoms with Gasteiger partial charge in [-0.05, 0) is 51.0 Å². The number of carbonyl (C=O) groups is 1. The summed E-state index contributed by atoms with van der Waals surface area (Å²) in [6.07, 6.45) is -4.28. The van der Waals surface area contributed by atoms with Crippen molar-refractivity contribution in [1.29, 1.82) is 0 Å². The van der Waals surface area contributed by atoms with Gasteiger partial charge in [-0.3, -0.25) is 23.7 Å². The molecule has 1 aliphatic heterocycles. The highest BCUT2D eigenvalue weighted by atomic mass is 31.2. The lowest BCUT2D eigenvalue weighted by Gasteiger charge is -2.25. The minimum atomic E-state index is -4.39. The molecule has 1 aliphatic rings. The van der Waals surface area contributed by atoms with E-state index in [2.05, 4.69) is 5.09 Å². The lowest BCUT2D eigenvalue weighted by Crippen LogP contribution is -2.43. The fraction of sp³-hybridized carbons (Fsp3) is 0.393. The van der Waals surface area contributed by atoms with Gasteiger partial charge in [-0.15, -0.1) is 0 Å². The fourth-order valence-electron chi connectivity index (χ4n) is 4.33. The SMILES string of the molecule is CC(C)OC(=O)C(C)NP(=O)(OCC1OC(n2ccc(=O)[nH]c2=O)C(C)(F)C1O)Oc1ccc(-c2ccccc2)cc1. The van der Waals surface area contributed by atoms with Crippen LogP contribution in [0.5, 0.6) is 5.75 Å². The quantitative estimate of drug-likeness (QED) is 0.219.